The lowest BCUT2D eigenvalue weighted by molar-refractivity contribution is -0.123. The van der Waals surface area contributed by atoms with Crippen LogP contribution in [0.15, 0.2) is 0 Å². The maximum absolute atomic E-state index is 11.4. The van der Waals surface area contributed by atoms with Crippen LogP contribution < -0.4 is 11.1 Å². The Morgan fingerprint density at radius 2 is 1.94 bits per heavy atom. The van der Waals surface area contributed by atoms with Crippen LogP contribution in [0.3, 0.4) is 0 Å². The Labute approximate surface area is 98.9 Å². The molecule has 0 rings (SSSR count). The number of rotatable bonds is 8. The molecule has 1 atom stereocenters. The highest BCUT2D eigenvalue weighted by Crippen LogP contribution is 1.97. The Morgan fingerprint density at radius 3 is 2.44 bits per heavy atom. The van der Waals surface area contributed by atoms with Gasteiger partial charge in [0.2, 0.25) is 5.91 Å². The highest BCUT2D eigenvalue weighted by atomic mass is 16.5. The quantitative estimate of drug-likeness (QED) is 0.615. The molecule has 0 fully saturated rings. The van der Waals surface area contributed by atoms with E-state index in [1.165, 1.54) is 0 Å². The minimum atomic E-state index is -0.406. The summed E-state index contributed by atoms with van der Waals surface area (Å²) in [6, 6.07) is -0.406. The van der Waals surface area contributed by atoms with Crippen LogP contribution in [0.25, 0.3) is 0 Å². The fourth-order valence-electron chi connectivity index (χ4n) is 1.13. The summed E-state index contributed by atoms with van der Waals surface area (Å²) in [5.74, 6) is 0.667. The molecule has 0 bridgehead atoms. The molecular weight excluding hydrogens is 204 g/mol. The predicted molar refractivity (Wildman–Crippen MR) is 66.1 cm³/mol. The molecule has 0 aromatic carbocycles. The van der Waals surface area contributed by atoms with Crippen LogP contribution in [-0.2, 0) is 9.53 Å². The fraction of sp³-hybridized carbons (Fsp3) is 0.917. The third-order valence-corrected chi connectivity index (χ3v) is 2.24. The lowest BCUT2D eigenvalue weighted by Crippen LogP contribution is -2.44. The van der Waals surface area contributed by atoms with E-state index in [1.54, 1.807) is 0 Å². The summed E-state index contributed by atoms with van der Waals surface area (Å²) in [4.78, 5) is 11.4. The summed E-state index contributed by atoms with van der Waals surface area (Å²) in [5, 5.41) is 2.81. The summed E-state index contributed by atoms with van der Waals surface area (Å²) >= 11 is 0. The number of amides is 1. The molecule has 0 unspecified atom stereocenters. The van der Waals surface area contributed by atoms with Crippen LogP contribution in [-0.4, -0.2) is 31.7 Å². The lowest BCUT2D eigenvalue weighted by Gasteiger charge is -2.15. The van der Waals surface area contributed by atoms with Gasteiger partial charge in [0.25, 0.3) is 0 Å². The second kappa shape index (κ2) is 8.53. The van der Waals surface area contributed by atoms with Gasteiger partial charge in [0.1, 0.15) is 0 Å². The predicted octanol–water partition coefficient (Wildman–Crippen LogP) is 1.15. The lowest BCUT2D eigenvalue weighted by atomic mass is 10.1. The number of carbonyl (C=O) groups is 1. The maximum Gasteiger partial charge on any atom is 0.237 e. The molecule has 0 aromatic heterocycles. The highest BCUT2D eigenvalue weighted by molar-refractivity contribution is 5.81. The molecule has 0 saturated heterocycles. The zero-order valence-corrected chi connectivity index (χ0v) is 11.0. The Kier molecular flexibility index (Phi) is 8.21. The molecule has 3 N–H and O–H groups in total. The number of ether oxygens (including phenoxy) is 1. The van der Waals surface area contributed by atoms with E-state index >= 15 is 0 Å². The van der Waals surface area contributed by atoms with Gasteiger partial charge in [-0.15, -0.1) is 0 Å². The van der Waals surface area contributed by atoms with Crippen molar-refractivity contribution in [2.45, 2.75) is 40.2 Å². The Morgan fingerprint density at radius 1 is 1.31 bits per heavy atom. The molecule has 1 amide bonds. The van der Waals surface area contributed by atoms with Gasteiger partial charge in [-0.2, -0.15) is 0 Å². The highest BCUT2D eigenvalue weighted by Gasteiger charge is 2.15. The van der Waals surface area contributed by atoms with E-state index in [0.29, 0.717) is 19.1 Å². The monoisotopic (exact) mass is 230 g/mol. The molecule has 0 saturated carbocycles. The SMILES string of the molecule is CC(C)COCCCNC(=O)[C@H](N)C(C)C. The first-order chi connectivity index (χ1) is 7.45. The third-order valence-electron chi connectivity index (χ3n) is 2.24. The van der Waals surface area contributed by atoms with Gasteiger partial charge in [0.05, 0.1) is 6.04 Å². The summed E-state index contributed by atoms with van der Waals surface area (Å²) in [5.41, 5.74) is 5.70. The van der Waals surface area contributed by atoms with Gasteiger partial charge < -0.3 is 15.8 Å². The van der Waals surface area contributed by atoms with E-state index in [1.807, 2.05) is 13.8 Å². The number of nitrogens with one attached hydrogen (secondary N) is 1. The minimum Gasteiger partial charge on any atom is -0.381 e. The van der Waals surface area contributed by atoms with Gasteiger partial charge in [-0.05, 0) is 18.3 Å². The standard InChI is InChI=1S/C12H26N2O2/c1-9(2)8-16-7-5-6-14-12(15)11(13)10(3)4/h9-11H,5-8,13H2,1-4H3,(H,14,15)/t11-/m1/s1. The van der Waals surface area contributed by atoms with Crippen molar-refractivity contribution in [1.29, 1.82) is 0 Å². The van der Waals surface area contributed by atoms with Crippen LogP contribution in [0.1, 0.15) is 34.1 Å². The van der Waals surface area contributed by atoms with Crippen molar-refractivity contribution in [3.8, 4) is 0 Å². The zero-order valence-electron chi connectivity index (χ0n) is 11.0. The van der Waals surface area contributed by atoms with E-state index in [2.05, 4.69) is 19.2 Å². The largest absolute Gasteiger partial charge is 0.381 e. The van der Waals surface area contributed by atoms with Gasteiger partial charge in [-0.25, -0.2) is 0 Å². The topological polar surface area (TPSA) is 64.3 Å². The van der Waals surface area contributed by atoms with Crippen molar-refractivity contribution in [1.82, 2.24) is 5.32 Å². The zero-order chi connectivity index (χ0) is 12.6. The number of hydrogen-bond donors (Lipinski definition) is 2. The number of carbonyl (C=O) groups excluding carboxylic acids is 1. The second-order valence-electron chi connectivity index (χ2n) is 4.88. The van der Waals surface area contributed by atoms with Crippen LogP contribution in [0.5, 0.6) is 0 Å². The van der Waals surface area contributed by atoms with Crippen LogP contribution >= 0.6 is 0 Å². The van der Waals surface area contributed by atoms with Gasteiger partial charge in [-0.1, -0.05) is 27.7 Å². The van der Waals surface area contributed by atoms with Gasteiger partial charge >= 0.3 is 0 Å². The first-order valence-corrected chi connectivity index (χ1v) is 6.06. The molecule has 96 valence electrons. The molecule has 4 nitrogen and oxygen atoms in total. The summed E-state index contributed by atoms with van der Waals surface area (Å²) in [7, 11) is 0. The maximum atomic E-state index is 11.4. The average Bonchev–Trinajstić information content (AvgIpc) is 2.21. The molecule has 0 heterocycles. The van der Waals surface area contributed by atoms with E-state index in [4.69, 9.17) is 10.5 Å². The van der Waals surface area contributed by atoms with Crippen molar-refractivity contribution < 1.29 is 9.53 Å². The average molecular weight is 230 g/mol. The molecule has 0 aliphatic rings. The van der Waals surface area contributed by atoms with Crippen molar-refractivity contribution in [3.05, 3.63) is 0 Å². The van der Waals surface area contributed by atoms with Crippen LogP contribution in [0, 0.1) is 11.8 Å². The second-order valence-corrected chi connectivity index (χ2v) is 4.88. The molecular formula is C12H26N2O2. The van der Waals surface area contributed by atoms with E-state index in [-0.39, 0.29) is 11.8 Å². The molecule has 16 heavy (non-hydrogen) atoms. The van der Waals surface area contributed by atoms with E-state index in [9.17, 15) is 4.79 Å². The van der Waals surface area contributed by atoms with Gasteiger partial charge in [-0.3, -0.25) is 4.79 Å². The van der Waals surface area contributed by atoms with Crippen LogP contribution in [0.4, 0.5) is 0 Å². The normalized spacial score (nSPS) is 13.2. The number of hydrogen-bond acceptors (Lipinski definition) is 3. The van der Waals surface area contributed by atoms with Crippen molar-refractivity contribution in [2.75, 3.05) is 19.8 Å². The van der Waals surface area contributed by atoms with Crippen molar-refractivity contribution in [3.63, 3.8) is 0 Å². The Balaban J connectivity index is 3.41. The minimum absolute atomic E-state index is 0.0705. The third kappa shape index (κ3) is 7.65. The summed E-state index contributed by atoms with van der Waals surface area (Å²) in [6.07, 6.45) is 0.837. The van der Waals surface area contributed by atoms with Crippen molar-refractivity contribution >= 4 is 5.91 Å². The Hall–Kier alpha value is -0.610. The van der Waals surface area contributed by atoms with Gasteiger partial charge in [0, 0.05) is 19.8 Å². The smallest absolute Gasteiger partial charge is 0.237 e. The Bertz CT molecular complexity index is 193. The fourth-order valence-corrected chi connectivity index (χ4v) is 1.13. The molecule has 0 aliphatic carbocycles. The summed E-state index contributed by atoms with van der Waals surface area (Å²) < 4.78 is 5.40. The van der Waals surface area contributed by atoms with E-state index < -0.39 is 6.04 Å². The molecule has 4 heteroatoms. The molecule has 0 aromatic rings. The molecule has 0 spiro atoms. The van der Waals surface area contributed by atoms with Gasteiger partial charge in [0.15, 0.2) is 0 Å². The molecule has 0 radical (unpaired) electrons. The summed E-state index contributed by atoms with van der Waals surface area (Å²) in [6.45, 7) is 10.2. The van der Waals surface area contributed by atoms with Crippen LogP contribution in [0.2, 0.25) is 0 Å². The molecule has 0 aliphatic heterocycles. The first-order valence-electron chi connectivity index (χ1n) is 6.06. The number of nitrogens with two attached hydrogens (primary N) is 1. The van der Waals surface area contributed by atoms with E-state index in [0.717, 1.165) is 13.0 Å². The first kappa shape index (κ1) is 15.4. The van der Waals surface area contributed by atoms with Crippen molar-refractivity contribution in [2.24, 2.45) is 17.6 Å².